The van der Waals surface area contributed by atoms with E-state index in [2.05, 4.69) is 12.0 Å². The number of carbonyl (C=O) groups excluding carboxylic acids is 1. The Hall–Kier alpha value is -1.36. The van der Waals surface area contributed by atoms with Crippen LogP contribution in [0.1, 0.15) is 30.1 Å². The molecule has 2 heterocycles. The molecular formula is C12H20N4O. The molecule has 0 bridgehead atoms. The third kappa shape index (κ3) is 2.34. The average Bonchev–Trinajstić information content (AvgIpc) is 2.74. The maximum Gasteiger partial charge on any atom is 0.257 e. The van der Waals surface area contributed by atoms with E-state index in [1.54, 1.807) is 17.1 Å². The van der Waals surface area contributed by atoms with E-state index in [9.17, 15) is 4.79 Å². The first-order valence-corrected chi connectivity index (χ1v) is 6.13. The van der Waals surface area contributed by atoms with Crippen LogP contribution in [-0.4, -0.2) is 39.7 Å². The van der Waals surface area contributed by atoms with Crippen LogP contribution in [0.5, 0.6) is 0 Å². The summed E-state index contributed by atoms with van der Waals surface area (Å²) in [6.07, 6.45) is 5.59. The van der Waals surface area contributed by atoms with E-state index in [4.69, 9.17) is 5.73 Å². The highest BCUT2D eigenvalue weighted by molar-refractivity contribution is 5.94. The van der Waals surface area contributed by atoms with Crippen LogP contribution in [0.4, 0.5) is 0 Å². The van der Waals surface area contributed by atoms with Crippen LogP contribution in [-0.2, 0) is 7.05 Å². The molecule has 17 heavy (non-hydrogen) atoms. The number of rotatable bonds is 2. The summed E-state index contributed by atoms with van der Waals surface area (Å²) in [5.74, 6) is 0.537. The van der Waals surface area contributed by atoms with Gasteiger partial charge in [0.25, 0.3) is 5.91 Å². The number of hydrogen-bond donors (Lipinski definition) is 1. The van der Waals surface area contributed by atoms with Crippen LogP contribution in [0.25, 0.3) is 0 Å². The Bertz CT molecular complexity index is 401. The zero-order valence-corrected chi connectivity index (χ0v) is 10.5. The van der Waals surface area contributed by atoms with Crippen molar-refractivity contribution < 1.29 is 4.79 Å². The largest absolute Gasteiger partial charge is 0.334 e. The van der Waals surface area contributed by atoms with Crippen molar-refractivity contribution in [3.05, 3.63) is 18.0 Å². The van der Waals surface area contributed by atoms with Gasteiger partial charge in [-0.25, -0.2) is 0 Å². The Morgan fingerprint density at radius 3 is 3.00 bits per heavy atom. The molecule has 0 aliphatic carbocycles. The second-order valence-corrected chi connectivity index (χ2v) is 4.82. The summed E-state index contributed by atoms with van der Waals surface area (Å²) >= 11 is 0. The van der Waals surface area contributed by atoms with Gasteiger partial charge in [0.2, 0.25) is 0 Å². The van der Waals surface area contributed by atoms with Crippen LogP contribution in [0.2, 0.25) is 0 Å². The monoisotopic (exact) mass is 236 g/mol. The normalized spacial score (nSPS) is 25.0. The average molecular weight is 236 g/mol. The highest BCUT2D eigenvalue weighted by Crippen LogP contribution is 2.24. The number of hydrogen-bond acceptors (Lipinski definition) is 3. The molecule has 1 aromatic heterocycles. The molecule has 0 radical (unpaired) electrons. The minimum atomic E-state index is 0.0556. The van der Waals surface area contributed by atoms with Crippen molar-refractivity contribution in [2.45, 2.75) is 25.8 Å². The van der Waals surface area contributed by atoms with Crippen molar-refractivity contribution in [1.82, 2.24) is 14.7 Å². The molecule has 1 aromatic rings. The summed E-state index contributed by atoms with van der Waals surface area (Å²) in [5.41, 5.74) is 6.44. The van der Waals surface area contributed by atoms with Gasteiger partial charge in [-0.2, -0.15) is 5.10 Å². The van der Waals surface area contributed by atoms with Gasteiger partial charge in [-0.3, -0.25) is 9.48 Å². The molecule has 1 fully saturated rings. The molecule has 1 aliphatic heterocycles. The van der Waals surface area contributed by atoms with Crippen LogP contribution in [0, 0.1) is 5.92 Å². The predicted octanol–water partition coefficient (Wildman–Crippen LogP) is 0.620. The van der Waals surface area contributed by atoms with E-state index in [-0.39, 0.29) is 11.9 Å². The van der Waals surface area contributed by atoms with E-state index in [1.807, 2.05) is 11.9 Å². The highest BCUT2D eigenvalue weighted by Gasteiger charge is 2.31. The van der Waals surface area contributed by atoms with Crippen molar-refractivity contribution in [2.24, 2.45) is 18.7 Å². The van der Waals surface area contributed by atoms with Gasteiger partial charge in [0.05, 0.1) is 11.8 Å². The number of amides is 1. The minimum absolute atomic E-state index is 0.0556. The van der Waals surface area contributed by atoms with Gasteiger partial charge in [-0.1, -0.05) is 6.92 Å². The number of aryl methyl sites for hydroxylation is 1. The fraction of sp³-hybridized carbons (Fsp3) is 0.667. The molecule has 0 aromatic carbocycles. The third-order valence-corrected chi connectivity index (χ3v) is 3.57. The fourth-order valence-electron chi connectivity index (χ4n) is 2.56. The van der Waals surface area contributed by atoms with Gasteiger partial charge in [0.15, 0.2) is 0 Å². The molecule has 2 rings (SSSR count). The first kappa shape index (κ1) is 12.1. The number of aromatic nitrogens is 2. The van der Waals surface area contributed by atoms with E-state index < -0.39 is 0 Å². The van der Waals surface area contributed by atoms with Crippen molar-refractivity contribution in [1.29, 1.82) is 0 Å². The molecule has 0 spiro atoms. The van der Waals surface area contributed by atoms with Crippen LogP contribution < -0.4 is 5.73 Å². The number of likely N-dealkylation sites (tertiary alicyclic amines) is 1. The summed E-state index contributed by atoms with van der Waals surface area (Å²) in [5, 5.41) is 4.04. The second kappa shape index (κ2) is 4.87. The Morgan fingerprint density at radius 1 is 1.65 bits per heavy atom. The predicted molar refractivity (Wildman–Crippen MR) is 65.5 cm³/mol. The van der Waals surface area contributed by atoms with Gasteiger partial charge in [-0.05, 0) is 18.8 Å². The maximum atomic E-state index is 12.3. The van der Waals surface area contributed by atoms with E-state index in [1.165, 1.54) is 0 Å². The van der Waals surface area contributed by atoms with Crippen LogP contribution in [0.3, 0.4) is 0 Å². The number of nitrogens with zero attached hydrogens (tertiary/aromatic N) is 3. The zero-order chi connectivity index (χ0) is 12.4. The standard InChI is InChI=1S/C12H20N4O/c1-9-4-3-5-16(11(9)6-13)12(17)10-7-14-15(2)8-10/h7-9,11H,3-6,13H2,1-2H3/t9-,11-/m0/s1. The molecule has 1 aliphatic rings. The molecule has 94 valence electrons. The van der Waals surface area contributed by atoms with Gasteiger partial charge in [-0.15, -0.1) is 0 Å². The molecule has 0 unspecified atom stereocenters. The zero-order valence-electron chi connectivity index (χ0n) is 10.5. The Balaban J connectivity index is 2.17. The van der Waals surface area contributed by atoms with Crippen molar-refractivity contribution in [3.63, 3.8) is 0 Å². The highest BCUT2D eigenvalue weighted by atomic mass is 16.2. The van der Waals surface area contributed by atoms with Crippen molar-refractivity contribution in [2.75, 3.05) is 13.1 Å². The molecule has 0 saturated carbocycles. The van der Waals surface area contributed by atoms with Gasteiger partial charge < -0.3 is 10.6 Å². The lowest BCUT2D eigenvalue weighted by Crippen LogP contribution is -2.51. The smallest absolute Gasteiger partial charge is 0.257 e. The molecule has 5 nitrogen and oxygen atoms in total. The van der Waals surface area contributed by atoms with Gasteiger partial charge >= 0.3 is 0 Å². The molecule has 2 N–H and O–H groups in total. The van der Waals surface area contributed by atoms with E-state index >= 15 is 0 Å². The molecule has 2 atom stereocenters. The van der Waals surface area contributed by atoms with Crippen LogP contribution in [0.15, 0.2) is 12.4 Å². The fourth-order valence-corrected chi connectivity index (χ4v) is 2.56. The Labute approximate surface area is 102 Å². The van der Waals surface area contributed by atoms with Crippen molar-refractivity contribution >= 4 is 5.91 Å². The lowest BCUT2D eigenvalue weighted by atomic mass is 9.90. The first-order chi connectivity index (χ1) is 8.13. The van der Waals surface area contributed by atoms with Gasteiger partial charge in [0, 0.05) is 32.4 Å². The maximum absolute atomic E-state index is 12.3. The minimum Gasteiger partial charge on any atom is -0.334 e. The lowest BCUT2D eigenvalue weighted by Gasteiger charge is -2.39. The Morgan fingerprint density at radius 2 is 2.41 bits per heavy atom. The second-order valence-electron chi connectivity index (χ2n) is 4.82. The van der Waals surface area contributed by atoms with Crippen molar-refractivity contribution in [3.8, 4) is 0 Å². The van der Waals surface area contributed by atoms with Gasteiger partial charge in [0.1, 0.15) is 0 Å². The summed E-state index contributed by atoms with van der Waals surface area (Å²) in [7, 11) is 1.82. The molecule has 1 amide bonds. The summed E-state index contributed by atoms with van der Waals surface area (Å²) in [6, 6.07) is 0.163. The third-order valence-electron chi connectivity index (χ3n) is 3.57. The molecule has 5 heteroatoms. The first-order valence-electron chi connectivity index (χ1n) is 6.13. The molecule has 1 saturated heterocycles. The number of piperidine rings is 1. The number of carbonyl (C=O) groups is 1. The summed E-state index contributed by atoms with van der Waals surface area (Å²) in [6.45, 7) is 3.51. The molecular weight excluding hydrogens is 216 g/mol. The van der Waals surface area contributed by atoms with Crippen LogP contribution >= 0.6 is 0 Å². The summed E-state index contributed by atoms with van der Waals surface area (Å²) < 4.78 is 1.65. The Kier molecular flexibility index (Phi) is 3.47. The summed E-state index contributed by atoms with van der Waals surface area (Å²) in [4.78, 5) is 14.3. The lowest BCUT2D eigenvalue weighted by molar-refractivity contribution is 0.0532. The quantitative estimate of drug-likeness (QED) is 0.818. The van der Waals surface area contributed by atoms with E-state index in [0.29, 0.717) is 18.0 Å². The topological polar surface area (TPSA) is 64.2 Å². The van der Waals surface area contributed by atoms with E-state index in [0.717, 1.165) is 19.4 Å². The number of nitrogens with two attached hydrogens (primary N) is 1. The SMILES string of the molecule is C[C@H]1CCCN(C(=O)c2cnn(C)c2)[C@H]1CN.